The molecule has 19 nitrogen and oxygen atoms in total. The number of fused-ring (bicyclic) bond motifs is 2. The number of hydrogen-bond acceptors (Lipinski definition) is 15. The van der Waals surface area contributed by atoms with Crippen LogP contribution in [0.25, 0.3) is 22.1 Å². The lowest BCUT2D eigenvalue weighted by atomic mass is 9.59. The Morgan fingerprint density at radius 2 is 1.74 bits per heavy atom. The standard InChI is InChI=1S/C57H67N11O8S/c1-36(2)43-7-5-6-8-44(43)47-34-65(33-38-9-12-50(75-4)59-31-38)23-24-67(47)41-28-57(29-41)18-21-66(22-19-57)40-10-11-45(48(26-40)76-42-25-39-15-20-58-54(39)61-32-42)55(69)64-77(73,74)49-27-46(68(71)72)51(53-52(49)62-35-63-53)60-30-37-13-16-56(3,70)17-14-37/h5-12,15,20,25-27,31-32,35-37,41,47,60,70H,13-14,16-19,21-24,28-30,33-34H2,1-4H3,(H,58,61)(H,62,63)(H,64,69). The number of nitrogens with one attached hydrogen (secondary N) is 4. The molecule has 6 heterocycles. The number of aromatic nitrogens is 5. The van der Waals surface area contributed by atoms with Gasteiger partial charge < -0.3 is 34.8 Å². The molecule has 1 amide bonds. The van der Waals surface area contributed by atoms with Gasteiger partial charge in [0.15, 0.2) is 0 Å². The van der Waals surface area contributed by atoms with Crippen molar-refractivity contribution in [2.75, 3.05) is 56.6 Å². The molecule has 5 N–H and O–H groups in total. The van der Waals surface area contributed by atoms with Gasteiger partial charge in [-0.1, -0.05) is 44.2 Å². The molecule has 7 aromatic rings. The minimum atomic E-state index is -4.77. The Kier molecular flexibility index (Phi) is 14.2. The first-order valence-corrected chi connectivity index (χ1v) is 28.3. The molecule has 1 unspecified atom stereocenters. The van der Waals surface area contributed by atoms with Gasteiger partial charge in [0, 0.05) is 99.6 Å². The second-order valence-corrected chi connectivity index (χ2v) is 24.0. The van der Waals surface area contributed by atoms with Crippen LogP contribution in [0.15, 0.2) is 103 Å². The van der Waals surface area contributed by atoms with Crippen molar-refractivity contribution in [3.8, 4) is 17.4 Å². The second-order valence-electron chi connectivity index (χ2n) is 22.3. The molecule has 4 aromatic heterocycles. The molecule has 0 radical (unpaired) electrons. The zero-order valence-corrected chi connectivity index (χ0v) is 44.8. The molecular formula is C57H67N11O8S. The summed E-state index contributed by atoms with van der Waals surface area (Å²) in [6.07, 6.45) is 13.4. The number of piperidine rings is 1. The number of nitro groups is 1. The number of imidazole rings is 1. The van der Waals surface area contributed by atoms with Crippen molar-refractivity contribution in [2.45, 2.75) is 107 Å². The van der Waals surface area contributed by atoms with E-state index in [-0.39, 0.29) is 45.4 Å². The monoisotopic (exact) mass is 1070 g/mol. The van der Waals surface area contributed by atoms with Gasteiger partial charge in [0.1, 0.15) is 33.2 Å². The first-order chi connectivity index (χ1) is 37.0. The van der Waals surface area contributed by atoms with Crippen molar-refractivity contribution in [3.63, 3.8) is 0 Å². The van der Waals surface area contributed by atoms with E-state index in [1.54, 1.807) is 38.4 Å². The van der Waals surface area contributed by atoms with Crippen molar-refractivity contribution < 1.29 is 32.7 Å². The van der Waals surface area contributed by atoms with Crippen molar-refractivity contribution >= 4 is 55.1 Å². The van der Waals surface area contributed by atoms with Crippen LogP contribution in [0.1, 0.15) is 111 Å². The van der Waals surface area contributed by atoms with Crippen LogP contribution in [0.4, 0.5) is 17.1 Å². The van der Waals surface area contributed by atoms with Crippen molar-refractivity contribution in [1.29, 1.82) is 0 Å². The van der Waals surface area contributed by atoms with Gasteiger partial charge in [0.2, 0.25) is 5.88 Å². The normalized spacial score (nSPS) is 21.4. The summed E-state index contributed by atoms with van der Waals surface area (Å²) in [5, 5.41) is 27.0. The average molecular weight is 1070 g/mol. The Morgan fingerprint density at radius 3 is 2.48 bits per heavy atom. The zero-order chi connectivity index (χ0) is 53.6. The predicted molar refractivity (Wildman–Crippen MR) is 294 cm³/mol. The topological polar surface area (TPSA) is 237 Å². The van der Waals surface area contributed by atoms with Gasteiger partial charge in [-0.15, -0.1) is 0 Å². The maximum Gasteiger partial charge on any atom is 0.296 e. The van der Waals surface area contributed by atoms with Gasteiger partial charge in [-0.25, -0.2) is 28.1 Å². The molecule has 20 heteroatoms. The molecule has 2 saturated heterocycles. The largest absolute Gasteiger partial charge is 0.481 e. The fraction of sp³-hybridized carbons (Fsp3) is 0.439. The number of H-pyrrole nitrogens is 2. The zero-order valence-electron chi connectivity index (χ0n) is 44.0. The summed E-state index contributed by atoms with van der Waals surface area (Å²) in [5.74, 6) is 0.623. The first kappa shape index (κ1) is 51.9. The van der Waals surface area contributed by atoms with Gasteiger partial charge in [0.25, 0.3) is 21.6 Å². The van der Waals surface area contributed by atoms with Gasteiger partial charge >= 0.3 is 0 Å². The van der Waals surface area contributed by atoms with Crippen molar-refractivity contribution in [2.24, 2.45) is 11.3 Å². The minimum absolute atomic E-state index is 0.0614. The number of anilines is 2. The Labute approximate surface area is 448 Å². The molecule has 11 rings (SSSR count). The summed E-state index contributed by atoms with van der Waals surface area (Å²) >= 11 is 0. The molecule has 2 aliphatic heterocycles. The fourth-order valence-electron chi connectivity index (χ4n) is 12.4. The van der Waals surface area contributed by atoms with Gasteiger partial charge in [-0.3, -0.25) is 24.7 Å². The molecule has 77 heavy (non-hydrogen) atoms. The number of aromatic amines is 2. The lowest BCUT2D eigenvalue weighted by Gasteiger charge is -2.58. The van der Waals surface area contributed by atoms with E-state index in [4.69, 9.17) is 9.47 Å². The number of pyridine rings is 2. The van der Waals surface area contributed by atoms with E-state index < -0.39 is 37.0 Å². The predicted octanol–water partition coefficient (Wildman–Crippen LogP) is 9.45. The van der Waals surface area contributed by atoms with E-state index in [1.165, 1.54) is 29.2 Å². The van der Waals surface area contributed by atoms with E-state index in [0.29, 0.717) is 48.6 Å². The average Bonchev–Trinajstić information content (AvgIpc) is 4.20. The van der Waals surface area contributed by atoms with Crippen LogP contribution in [0, 0.1) is 21.4 Å². The van der Waals surface area contributed by atoms with Crippen LogP contribution >= 0.6 is 0 Å². The smallest absolute Gasteiger partial charge is 0.296 e. The van der Waals surface area contributed by atoms with E-state index in [1.807, 2.05) is 24.4 Å². The van der Waals surface area contributed by atoms with E-state index in [2.05, 4.69) is 93.8 Å². The van der Waals surface area contributed by atoms with Crippen LogP contribution in [0.5, 0.6) is 17.4 Å². The van der Waals surface area contributed by atoms with Gasteiger partial charge in [-0.2, -0.15) is 0 Å². The van der Waals surface area contributed by atoms with Crippen LogP contribution in [-0.4, -0.2) is 117 Å². The fourth-order valence-corrected chi connectivity index (χ4v) is 13.6. The molecular weight excluding hydrogens is 999 g/mol. The third-order valence-corrected chi connectivity index (χ3v) is 18.2. The molecule has 1 atom stereocenters. The number of aliphatic hydroxyl groups is 1. The molecule has 2 aliphatic carbocycles. The van der Waals surface area contributed by atoms with Gasteiger partial charge in [-0.05, 0) is 116 Å². The second kappa shape index (κ2) is 21.0. The molecule has 4 aliphatic rings. The lowest BCUT2D eigenvalue weighted by molar-refractivity contribution is -0.384. The highest BCUT2D eigenvalue weighted by atomic mass is 32.2. The minimum Gasteiger partial charge on any atom is -0.481 e. The Morgan fingerprint density at radius 1 is 0.948 bits per heavy atom. The molecule has 4 fully saturated rings. The number of carbonyl (C=O) groups is 1. The summed E-state index contributed by atoms with van der Waals surface area (Å²) in [4.78, 5) is 52.5. The van der Waals surface area contributed by atoms with E-state index >= 15 is 0 Å². The SMILES string of the molecule is COc1ccc(CN2CCN(C3CC4(CCN(c5ccc(C(=O)NS(=O)(=O)c6cc([N+](=O)[O-])c(NCC7CCC(C)(O)CC7)c7[nH]cnc67)c(Oc6cnc7[nH]ccc7c6)c5)CC4)C3)C(c3ccccc3C(C)C)C2)cn1. The molecule has 0 bridgehead atoms. The number of benzene rings is 3. The Bertz CT molecular complexity index is 3410. The molecule has 1 spiro atoms. The number of methoxy groups -OCH3 is 1. The summed E-state index contributed by atoms with van der Waals surface area (Å²) < 4.78 is 42.6. The number of sulfonamides is 1. The van der Waals surface area contributed by atoms with Crippen LogP contribution in [-0.2, 0) is 16.6 Å². The highest BCUT2D eigenvalue weighted by Gasteiger charge is 2.50. The number of hydrogen-bond donors (Lipinski definition) is 5. The summed E-state index contributed by atoms with van der Waals surface area (Å²) in [7, 11) is -3.13. The maximum absolute atomic E-state index is 14.4. The molecule has 3 aromatic carbocycles. The Hall–Kier alpha value is -7.13. The maximum atomic E-state index is 14.4. The third kappa shape index (κ3) is 10.8. The van der Waals surface area contributed by atoms with Crippen molar-refractivity contribution in [1.82, 2.24) is 39.4 Å². The summed E-state index contributed by atoms with van der Waals surface area (Å²) in [5.41, 5.74) is 4.51. The van der Waals surface area contributed by atoms with Crippen molar-refractivity contribution in [3.05, 3.63) is 130 Å². The Balaban J connectivity index is 0.804. The highest BCUT2D eigenvalue weighted by molar-refractivity contribution is 7.90. The molecule has 2 saturated carbocycles. The molecule has 404 valence electrons. The third-order valence-electron chi connectivity index (χ3n) is 16.8. The number of nitrogens with zero attached hydrogens (tertiary/aromatic N) is 7. The lowest BCUT2D eigenvalue weighted by Crippen LogP contribution is -2.60. The van der Waals surface area contributed by atoms with Crippen LogP contribution < -0.4 is 24.4 Å². The number of carbonyl (C=O) groups excluding carboxylic acids is 1. The summed E-state index contributed by atoms with van der Waals surface area (Å²) in [6.45, 7) is 12.0. The first-order valence-electron chi connectivity index (χ1n) is 26.8. The van der Waals surface area contributed by atoms with Gasteiger partial charge in [0.05, 0.1) is 41.2 Å². The van der Waals surface area contributed by atoms with E-state index in [0.717, 1.165) is 94.9 Å². The number of ether oxygens (including phenoxy) is 2. The number of nitro benzene ring substituents is 1. The summed E-state index contributed by atoms with van der Waals surface area (Å²) in [6, 6.07) is 23.4. The highest BCUT2D eigenvalue weighted by Crippen LogP contribution is 2.53. The van der Waals surface area contributed by atoms with E-state index in [9.17, 15) is 28.4 Å². The number of rotatable bonds is 16. The van der Waals surface area contributed by atoms with Crippen LogP contribution in [0.2, 0.25) is 0 Å². The van der Waals surface area contributed by atoms with Crippen LogP contribution in [0.3, 0.4) is 0 Å². The number of amides is 1. The number of piperazine rings is 1. The quantitative estimate of drug-likeness (QED) is 0.0448.